The van der Waals surface area contributed by atoms with Gasteiger partial charge in [0.1, 0.15) is 9.96 Å². The number of sulfonamides is 1. The van der Waals surface area contributed by atoms with Crippen LogP contribution in [0.15, 0.2) is 40.6 Å². The predicted octanol–water partition coefficient (Wildman–Crippen LogP) is 2.67. The van der Waals surface area contributed by atoms with Crippen molar-refractivity contribution < 1.29 is 17.9 Å². The van der Waals surface area contributed by atoms with E-state index in [0.717, 1.165) is 21.8 Å². The van der Waals surface area contributed by atoms with Gasteiger partial charge in [-0.1, -0.05) is 12.1 Å². The molecule has 0 saturated carbocycles. The van der Waals surface area contributed by atoms with Gasteiger partial charge in [0.25, 0.3) is 10.0 Å². The second-order valence-corrected chi connectivity index (χ2v) is 8.03. The summed E-state index contributed by atoms with van der Waals surface area (Å²) < 4.78 is 31.6. The zero-order valence-electron chi connectivity index (χ0n) is 12.5. The zero-order chi connectivity index (χ0) is 16.3. The number of methoxy groups -OCH3 is 1. The van der Waals surface area contributed by atoms with Gasteiger partial charge in [0.15, 0.2) is 0 Å². The minimum absolute atomic E-state index is 0.139. The predicted molar refractivity (Wildman–Crippen MR) is 85.8 cm³/mol. The second-order valence-electron chi connectivity index (χ2n) is 4.83. The molecular formula is C15H17NO4S2. The molecule has 1 heterocycles. The Bertz CT molecular complexity index is 763. The summed E-state index contributed by atoms with van der Waals surface area (Å²) in [5, 5.41) is 0. The van der Waals surface area contributed by atoms with E-state index in [2.05, 4.69) is 4.72 Å². The largest absolute Gasteiger partial charge is 0.497 e. The van der Waals surface area contributed by atoms with Crippen LogP contribution in [0.25, 0.3) is 0 Å². The van der Waals surface area contributed by atoms with E-state index in [1.807, 2.05) is 6.92 Å². The van der Waals surface area contributed by atoms with Crippen LogP contribution in [0, 0.1) is 6.92 Å². The Morgan fingerprint density at radius 2 is 1.82 bits per heavy atom. The molecule has 0 unspecified atom stereocenters. The summed E-state index contributed by atoms with van der Waals surface area (Å²) in [5.41, 5.74) is 0.718. The van der Waals surface area contributed by atoms with Gasteiger partial charge < -0.3 is 4.74 Å². The molecule has 7 heteroatoms. The summed E-state index contributed by atoms with van der Waals surface area (Å²) in [6.07, 6.45) is 0. The van der Waals surface area contributed by atoms with Gasteiger partial charge >= 0.3 is 0 Å². The first-order chi connectivity index (χ1) is 10.3. The number of hydrogen-bond acceptors (Lipinski definition) is 5. The Hall–Kier alpha value is -1.86. The van der Waals surface area contributed by atoms with Crippen molar-refractivity contribution in [3.63, 3.8) is 0 Å². The van der Waals surface area contributed by atoms with Gasteiger partial charge in [-0.05, 0) is 43.7 Å². The fraction of sp³-hybridized carbons (Fsp3) is 0.267. The van der Waals surface area contributed by atoms with Gasteiger partial charge in [0, 0.05) is 4.88 Å². The SMILES string of the molecule is COc1ccc([C@H](C)C(=O)NS(=O)(=O)c2ccc(C)s2)cc1. The highest BCUT2D eigenvalue weighted by molar-refractivity contribution is 7.92. The van der Waals surface area contributed by atoms with E-state index in [-0.39, 0.29) is 4.21 Å². The summed E-state index contributed by atoms with van der Waals surface area (Å²) in [5.74, 6) is -0.462. The molecule has 0 spiro atoms. The molecule has 1 N–H and O–H groups in total. The number of rotatable bonds is 5. The Kier molecular flexibility index (Phi) is 4.87. The van der Waals surface area contributed by atoms with E-state index in [9.17, 15) is 13.2 Å². The monoisotopic (exact) mass is 339 g/mol. The lowest BCUT2D eigenvalue weighted by Crippen LogP contribution is -2.33. The van der Waals surface area contributed by atoms with Crippen LogP contribution >= 0.6 is 11.3 Å². The van der Waals surface area contributed by atoms with E-state index in [4.69, 9.17) is 4.74 Å². The molecule has 0 bridgehead atoms. The van der Waals surface area contributed by atoms with Gasteiger partial charge in [0.05, 0.1) is 13.0 Å². The Balaban J connectivity index is 2.13. The normalized spacial score (nSPS) is 12.7. The van der Waals surface area contributed by atoms with Crippen LogP contribution < -0.4 is 9.46 Å². The molecule has 22 heavy (non-hydrogen) atoms. The fourth-order valence-corrected chi connectivity index (χ4v) is 4.21. The van der Waals surface area contributed by atoms with E-state index >= 15 is 0 Å². The lowest BCUT2D eigenvalue weighted by Gasteiger charge is -2.12. The molecule has 1 atom stereocenters. The molecule has 0 radical (unpaired) electrons. The first-order valence-corrected chi connectivity index (χ1v) is 8.90. The lowest BCUT2D eigenvalue weighted by atomic mass is 10.0. The Morgan fingerprint density at radius 3 is 2.32 bits per heavy atom. The average Bonchev–Trinajstić information content (AvgIpc) is 2.93. The molecule has 0 fully saturated rings. The summed E-state index contributed by atoms with van der Waals surface area (Å²) >= 11 is 1.13. The molecular weight excluding hydrogens is 322 g/mol. The van der Waals surface area contributed by atoms with Gasteiger partial charge in [-0.25, -0.2) is 13.1 Å². The topological polar surface area (TPSA) is 72.5 Å². The summed E-state index contributed by atoms with van der Waals surface area (Å²) in [7, 11) is -2.25. The van der Waals surface area contributed by atoms with Crippen molar-refractivity contribution in [3.05, 3.63) is 46.8 Å². The highest BCUT2D eigenvalue weighted by Crippen LogP contribution is 2.23. The van der Waals surface area contributed by atoms with Crippen molar-refractivity contribution in [2.24, 2.45) is 0 Å². The van der Waals surface area contributed by atoms with Crippen molar-refractivity contribution in [1.82, 2.24) is 4.72 Å². The second kappa shape index (κ2) is 6.50. The highest BCUT2D eigenvalue weighted by Gasteiger charge is 2.23. The zero-order valence-corrected chi connectivity index (χ0v) is 14.1. The number of amides is 1. The molecule has 0 aliphatic rings. The van der Waals surface area contributed by atoms with Crippen LogP contribution in [0.1, 0.15) is 23.3 Å². The van der Waals surface area contributed by atoms with Crippen LogP contribution in [0.2, 0.25) is 0 Å². The van der Waals surface area contributed by atoms with Crippen molar-refractivity contribution in [2.75, 3.05) is 7.11 Å². The average molecular weight is 339 g/mol. The standard InChI is InChI=1S/C15H17NO4S2/c1-10-4-9-14(21-10)22(18,19)16-15(17)11(2)12-5-7-13(20-3)8-6-12/h4-9,11H,1-3H3,(H,16,17)/t11-/m0/s1. The molecule has 1 aromatic heterocycles. The van der Waals surface area contributed by atoms with E-state index < -0.39 is 21.8 Å². The number of aryl methyl sites for hydroxylation is 1. The third-order valence-electron chi connectivity index (χ3n) is 3.22. The van der Waals surface area contributed by atoms with Crippen LogP contribution in [0.4, 0.5) is 0 Å². The molecule has 1 amide bonds. The van der Waals surface area contributed by atoms with Crippen molar-refractivity contribution >= 4 is 27.3 Å². The number of carbonyl (C=O) groups excluding carboxylic acids is 1. The quantitative estimate of drug-likeness (QED) is 0.909. The number of benzene rings is 1. The Morgan fingerprint density at radius 1 is 1.18 bits per heavy atom. The molecule has 2 aromatic rings. The van der Waals surface area contributed by atoms with Gasteiger partial charge in [-0.2, -0.15) is 0 Å². The number of carbonyl (C=O) groups is 1. The van der Waals surface area contributed by atoms with Crippen molar-refractivity contribution in [3.8, 4) is 5.75 Å². The van der Waals surface area contributed by atoms with Crippen LogP contribution in [-0.4, -0.2) is 21.4 Å². The van der Waals surface area contributed by atoms with E-state index in [0.29, 0.717) is 5.75 Å². The van der Waals surface area contributed by atoms with Crippen molar-refractivity contribution in [1.29, 1.82) is 0 Å². The first kappa shape index (κ1) is 16.5. The minimum Gasteiger partial charge on any atom is -0.497 e. The maximum Gasteiger partial charge on any atom is 0.273 e. The van der Waals surface area contributed by atoms with Crippen LogP contribution in [0.3, 0.4) is 0 Å². The van der Waals surface area contributed by atoms with Gasteiger partial charge in [-0.3, -0.25) is 4.79 Å². The van der Waals surface area contributed by atoms with E-state index in [1.54, 1.807) is 44.4 Å². The van der Waals surface area contributed by atoms with Crippen molar-refractivity contribution in [2.45, 2.75) is 24.0 Å². The Labute approximate surface area is 134 Å². The number of ether oxygens (including phenoxy) is 1. The summed E-state index contributed by atoms with van der Waals surface area (Å²) in [4.78, 5) is 13.0. The molecule has 118 valence electrons. The summed E-state index contributed by atoms with van der Waals surface area (Å²) in [6.45, 7) is 3.47. The van der Waals surface area contributed by atoms with E-state index in [1.165, 1.54) is 6.07 Å². The molecule has 0 aliphatic carbocycles. The number of thiophene rings is 1. The smallest absolute Gasteiger partial charge is 0.273 e. The maximum absolute atomic E-state index is 12.2. The third kappa shape index (κ3) is 3.66. The maximum atomic E-state index is 12.2. The fourth-order valence-electron chi connectivity index (χ4n) is 1.87. The van der Waals surface area contributed by atoms with Crippen LogP contribution in [0.5, 0.6) is 5.75 Å². The molecule has 1 aromatic carbocycles. The van der Waals surface area contributed by atoms with Gasteiger partial charge in [-0.15, -0.1) is 11.3 Å². The minimum atomic E-state index is -3.81. The number of nitrogens with one attached hydrogen (secondary N) is 1. The lowest BCUT2D eigenvalue weighted by molar-refractivity contribution is -0.120. The van der Waals surface area contributed by atoms with Gasteiger partial charge in [0.2, 0.25) is 5.91 Å². The highest BCUT2D eigenvalue weighted by atomic mass is 32.2. The molecule has 2 rings (SSSR count). The van der Waals surface area contributed by atoms with Crippen LogP contribution in [-0.2, 0) is 14.8 Å². The number of hydrogen-bond donors (Lipinski definition) is 1. The molecule has 0 aliphatic heterocycles. The first-order valence-electron chi connectivity index (χ1n) is 6.60. The molecule has 5 nitrogen and oxygen atoms in total. The molecule has 0 saturated heterocycles. The summed E-state index contributed by atoms with van der Waals surface area (Å²) in [6, 6.07) is 10.1. The third-order valence-corrected chi connectivity index (χ3v) is 6.06.